The summed E-state index contributed by atoms with van der Waals surface area (Å²) in [7, 11) is 0. The van der Waals surface area contributed by atoms with Crippen molar-refractivity contribution >= 4 is 17.6 Å². The molecule has 1 aromatic rings. The predicted molar refractivity (Wildman–Crippen MR) is 99.3 cm³/mol. The van der Waals surface area contributed by atoms with Crippen LogP contribution in [0, 0.1) is 18.4 Å². The normalized spacial score (nSPS) is 19.0. The number of carboxylic acids is 2. The number of phenols is 1. The van der Waals surface area contributed by atoms with Crippen LogP contribution in [0.5, 0.6) is 5.75 Å². The Bertz CT molecular complexity index is 573. The number of benzene rings is 1. The van der Waals surface area contributed by atoms with Crippen LogP contribution in [-0.4, -0.2) is 51.8 Å². The Hall–Kier alpha value is -2.59. The molecule has 3 N–H and O–H groups in total. The van der Waals surface area contributed by atoms with E-state index in [1.165, 1.54) is 44.6 Å². The third-order valence-electron chi connectivity index (χ3n) is 3.65. The molecule has 0 aromatic heterocycles. The summed E-state index contributed by atoms with van der Waals surface area (Å²) in [5.41, 5.74) is 0.549. The molecule has 7 nitrogen and oxygen atoms in total. The zero-order valence-corrected chi connectivity index (χ0v) is 15.6. The zero-order chi connectivity index (χ0) is 20.1. The molecular weight excluding hydrogens is 336 g/mol. The van der Waals surface area contributed by atoms with Gasteiger partial charge >= 0.3 is 11.9 Å². The number of likely N-dealkylation sites (tertiary alicyclic amines) is 1. The van der Waals surface area contributed by atoms with Crippen molar-refractivity contribution in [2.45, 2.75) is 33.6 Å². The van der Waals surface area contributed by atoms with Gasteiger partial charge in [0.2, 0.25) is 0 Å². The molecule has 0 spiro atoms. The third kappa shape index (κ3) is 11.0. The van der Waals surface area contributed by atoms with Gasteiger partial charge in [-0.3, -0.25) is 0 Å². The standard InChI is InChI=1S/C10H21N.C7H5NO.C2H2O4/c1-4-5-11-7-9(2)6-10(3)8-11;1-8-6-2-4-7(9)5-3-6;3-1(4)2(5)6/h9-10H,4-8H2,1-3H3;2-5,9H;(H,3,4)(H,5,6). The molecule has 1 saturated heterocycles. The van der Waals surface area contributed by atoms with Crippen LogP contribution in [0.4, 0.5) is 5.69 Å². The van der Waals surface area contributed by atoms with E-state index in [2.05, 4.69) is 30.5 Å². The Balaban J connectivity index is 0.000000378. The van der Waals surface area contributed by atoms with Crippen molar-refractivity contribution in [3.8, 4) is 5.75 Å². The molecule has 7 heteroatoms. The van der Waals surface area contributed by atoms with Gasteiger partial charge in [0.15, 0.2) is 5.69 Å². The number of hydrogen-bond donors (Lipinski definition) is 3. The number of aliphatic carboxylic acids is 2. The number of aromatic hydroxyl groups is 1. The number of carboxylic acid groups (broad SMARTS) is 2. The SMILES string of the molecule is CCCN1CC(C)CC(C)C1.O=C(O)C(=O)O.[C-]#[N+]c1ccc(O)cc1. The average molecular weight is 364 g/mol. The van der Waals surface area contributed by atoms with E-state index in [1.54, 1.807) is 12.1 Å². The van der Waals surface area contributed by atoms with Gasteiger partial charge in [-0.1, -0.05) is 32.9 Å². The molecular formula is C19H28N2O5. The van der Waals surface area contributed by atoms with Crippen molar-refractivity contribution in [2.75, 3.05) is 19.6 Å². The van der Waals surface area contributed by atoms with Crippen molar-refractivity contribution < 1.29 is 24.9 Å². The molecule has 0 radical (unpaired) electrons. The summed E-state index contributed by atoms with van der Waals surface area (Å²) in [4.78, 5) is 24.0. The van der Waals surface area contributed by atoms with Gasteiger partial charge < -0.3 is 20.2 Å². The van der Waals surface area contributed by atoms with Crippen LogP contribution in [0.3, 0.4) is 0 Å². The molecule has 1 aliphatic heterocycles. The van der Waals surface area contributed by atoms with Gasteiger partial charge in [0.1, 0.15) is 5.75 Å². The second-order valence-corrected chi connectivity index (χ2v) is 6.44. The van der Waals surface area contributed by atoms with Crippen LogP contribution in [0.25, 0.3) is 4.85 Å². The molecule has 1 fully saturated rings. The first-order valence-electron chi connectivity index (χ1n) is 8.54. The molecule has 1 heterocycles. The maximum absolute atomic E-state index is 9.10. The summed E-state index contributed by atoms with van der Waals surface area (Å²) in [6.07, 6.45) is 2.74. The summed E-state index contributed by atoms with van der Waals surface area (Å²) >= 11 is 0. The lowest BCUT2D eigenvalue weighted by molar-refractivity contribution is -0.159. The Morgan fingerprint density at radius 3 is 1.92 bits per heavy atom. The average Bonchev–Trinajstić information content (AvgIpc) is 2.56. The summed E-state index contributed by atoms with van der Waals surface area (Å²) in [6, 6.07) is 6.13. The first-order chi connectivity index (χ1) is 12.2. The Kier molecular flexibility index (Phi) is 11.5. The molecule has 0 saturated carbocycles. The van der Waals surface area contributed by atoms with Gasteiger partial charge in [0.25, 0.3) is 0 Å². The van der Waals surface area contributed by atoms with E-state index < -0.39 is 11.9 Å². The van der Waals surface area contributed by atoms with E-state index in [0.29, 0.717) is 5.69 Å². The smallest absolute Gasteiger partial charge is 0.414 e. The lowest BCUT2D eigenvalue weighted by Crippen LogP contribution is -2.38. The van der Waals surface area contributed by atoms with Gasteiger partial charge in [0, 0.05) is 13.1 Å². The van der Waals surface area contributed by atoms with Crippen LogP contribution in [0.15, 0.2) is 24.3 Å². The molecule has 26 heavy (non-hydrogen) atoms. The molecule has 0 bridgehead atoms. The molecule has 144 valence electrons. The van der Waals surface area contributed by atoms with Gasteiger partial charge in [-0.05, 0) is 43.4 Å². The molecule has 2 rings (SSSR count). The summed E-state index contributed by atoms with van der Waals surface area (Å²) in [5, 5.41) is 23.5. The second kappa shape index (κ2) is 12.7. The minimum Gasteiger partial charge on any atom is -0.508 e. The van der Waals surface area contributed by atoms with Crippen LogP contribution < -0.4 is 0 Å². The van der Waals surface area contributed by atoms with Gasteiger partial charge in [-0.2, -0.15) is 0 Å². The molecule has 0 amide bonds. The number of carbonyl (C=O) groups is 2. The van der Waals surface area contributed by atoms with Crippen molar-refractivity contribution in [1.82, 2.24) is 4.90 Å². The number of nitrogens with zero attached hydrogens (tertiary/aromatic N) is 2. The maximum atomic E-state index is 9.10. The minimum atomic E-state index is -1.82. The maximum Gasteiger partial charge on any atom is 0.414 e. The van der Waals surface area contributed by atoms with Crippen molar-refractivity contribution in [3.63, 3.8) is 0 Å². The van der Waals surface area contributed by atoms with E-state index >= 15 is 0 Å². The number of hydrogen-bond acceptors (Lipinski definition) is 4. The van der Waals surface area contributed by atoms with Crippen molar-refractivity contribution in [3.05, 3.63) is 35.7 Å². The summed E-state index contributed by atoms with van der Waals surface area (Å²) in [6.45, 7) is 17.5. The monoisotopic (exact) mass is 364 g/mol. The van der Waals surface area contributed by atoms with Crippen molar-refractivity contribution in [1.29, 1.82) is 0 Å². The highest BCUT2D eigenvalue weighted by Crippen LogP contribution is 2.20. The van der Waals surface area contributed by atoms with E-state index in [9.17, 15) is 0 Å². The number of rotatable bonds is 2. The molecule has 1 aliphatic rings. The quantitative estimate of drug-likeness (QED) is 0.548. The predicted octanol–water partition coefficient (Wildman–Crippen LogP) is 3.47. The number of piperidine rings is 1. The Labute approximate surface area is 154 Å². The zero-order valence-electron chi connectivity index (χ0n) is 15.6. The molecule has 1 aromatic carbocycles. The van der Waals surface area contributed by atoms with Crippen LogP contribution >= 0.6 is 0 Å². The lowest BCUT2D eigenvalue weighted by atomic mass is 9.92. The fourth-order valence-corrected chi connectivity index (χ4v) is 2.82. The third-order valence-corrected chi connectivity index (χ3v) is 3.65. The van der Waals surface area contributed by atoms with Gasteiger partial charge in [0.05, 0.1) is 6.57 Å². The highest BCUT2D eigenvalue weighted by molar-refractivity contribution is 6.27. The molecule has 0 aliphatic carbocycles. The summed E-state index contributed by atoms with van der Waals surface area (Å²) < 4.78 is 0. The van der Waals surface area contributed by atoms with Crippen LogP contribution in [-0.2, 0) is 9.59 Å². The highest BCUT2D eigenvalue weighted by Gasteiger charge is 2.20. The van der Waals surface area contributed by atoms with E-state index in [1.807, 2.05) is 0 Å². The van der Waals surface area contributed by atoms with Gasteiger partial charge in [-0.25, -0.2) is 14.4 Å². The van der Waals surface area contributed by atoms with Crippen molar-refractivity contribution in [2.24, 2.45) is 11.8 Å². The summed E-state index contributed by atoms with van der Waals surface area (Å²) in [5.74, 6) is -1.61. The van der Waals surface area contributed by atoms with Crippen LogP contribution in [0.2, 0.25) is 0 Å². The molecule has 2 unspecified atom stereocenters. The highest BCUT2D eigenvalue weighted by atomic mass is 16.4. The first kappa shape index (κ1) is 23.4. The Morgan fingerprint density at radius 2 is 1.58 bits per heavy atom. The topological polar surface area (TPSA) is 102 Å². The fourth-order valence-electron chi connectivity index (χ4n) is 2.82. The second-order valence-electron chi connectivity index (χ2n) is 6.44. The molecule has 2 atom stereocenters. The number of phenolic OH excluding ortho intramolecular Hbond substituents is 1. The van der Waals surface area contributed by atoms with Crippen LogP contribution in [0.1, 0.15) is 33.6 Å². The van der Waals surface area contributed by atoms with E-state index in [0.717, 1.165) is 11.8 Å². The first-order valence-corrected chi connectivity index (χ1v) is 8.54. The minimum absolute atomic E-state index is 0.197. The lowest BCUT2D eigenvalue weighted by Gasteiger charge is -2.34. The largest absolute Gasteiger partial charge is 0.508 e. The Morgan fingerprint density at radius 1 is 1.12 bits per heavy atom. The van der Waals surface area contributed by atoms with E-state index in [4.69, 9.17) is 31.5 Å². The van der Waals surface area contributed by atoms with Gasteiger partial charge in [-0.15, -0.1) is 0 Å². The fraction of sp³-hybridized carbons (Fsp3) is 0.526. The van der Waals surface area contributed by atoms with E-state index in [-0.39, 0.29) is 5.75 Å².